The van der Waals surface area contributed by atoms with Gasteiger partial charge < -0.3 is 20.7 Å². The third-order valence-corrected chi connectivity index (χ3v) is 2.25. The smallest absolute Gasteiger partial charge is 0.320 e. The van der Waals surface area contributed by atoms with Crippen molar-refractivity contribution in [3.05, 3.63) is 0 Å². The molecule has 0 aromatic carbocycles. The fraction of sp³-hybridized carbons (Fsp3) is 0.778. The molecule has 0 radical (unpaired) electrons. The summed E-state index contributed by atoms with van der Waals surface area (Å²) in [6.45, 7) is 2.77. The zero-order valence-corrected chi connectivity index (χ0v) is 9.38. The molecule has 0 aliphatic heterocycles. The second-order valence-corrected chi connectivity index (χ2v) is 3.53. The van der Waals surface area contributed by atoms with E-state index in [9.17, 15) is 14.8 Å². The third kappa shape index (κ3) is 5.64. The Labute approximate surface area is 93.6 Å². The fourth-order valence-corrected chi connectivity index (χ4v) is 1.46. The molecule has 0 bridgehead atoms. The Hall–Kier alpha value is -1.18. The number of carbonyl (C=O) groups is 2. The Morgan fingerprint density at radius 3 is 2.25 bits per heavy atom. The second-order valence-electron chi connectivity index (χ2n) is 3.53. The van der Waals surface area contributed by atoms with Crippen LogP contribution in [0.4, 0.5) is 0 Å². The minimum atomic E-state index is -1.13. The minimum Gasteiger partial charge on any atom is -0.480 e. The van der Waals surface area contributed by atoms with Gasteiger partial charge >= 0.3 is 11.9 Å². The van der Waals surface area contributed by atoms with Gasteiger partial charge in [0.25, 0.3) is 0 Å². The molecule has 0 aromatic heterocycles. The molecule has 0 heterocycles. The van der Waals surface area contributed by atoms with E-state index in [0.717, 1.165) is 0 Å². The van der Waals surface area contributed by atoms with E-state index >= 15 is 0 Å². The van der Waals surface area contributed by atoms with Crippen LogP contribution >= 0.6 is 0 Å². The molecule has 0 saturated heterocycles. The van der Waals surface area contributed by atoms with Crippen molar-refractivity contribution in [3.63, 3.8) is 0 Å². The molecule has 0 aliphatic carbocycles. The van der Waals surface area contributed by atoms with Gasteiger partial charge in [0.15, 0.2) is 0 Å². The summed E-state index contributed by atoms with van der Waals surface area (Å²) in [5, 5.41) is 29.9. The van der Waals surface area contributed by atoms with Crippen LogP contribution < -0.4 is 5.32 Å². The Balaban J connectivity index is 4.23. The van der Waals surface area contributed by atoms with Crippen molar-refractivity contribution in [2.45, 2.75) is 32.4 Å². The number of hydrogen-bond donors (Lipinski definition) is 4. The molecule has 2 unspecified atom stereocenters. The largest absolute Gasteiger partial charge is 0.480 e. The average molecular weight is 234 g/mol. The van der Waals surface area contributed by atoms with Crippen LogP contribution in [-0.2, 0) is 9.59 Å². The first kappa shape index (κ1) is 14.8. The van der Waals surface area contributed by atoms with Crippen LogP contribution in [-0.4, -0.2) is 57.6 Å². The summed E-state index contributed by atoms with van der Waals surface area (Å²) in [6.07, 6.45) is 0.511. The fourth-order valence-electron chi connectivity index (χ4n) is 1.46. The number of hydrogen-bond acceptors (Lipinski definition) is 5. The minimum absolute atomic E-state index is 0.224. The molecule has 0 fully saturated rings. The van der Waals surface area contributed by atoms with Crippen molar-refractivity contribution >= 4 is 11.9 Å². The van der Waals surface area contributed by atoms with Gasteiger partial charge in [0.05, 0.1) is 12.6 Å². The highest BCUT2D eigenvalue weighted by Gasteiger charge is 2.23. The van der Waals surface area contributed by atoms with Crippen LogP contribution in [0.3, 0.4) is 0 Å². The number of rotatable bonds is 8. The number of hydroxylamine groups is 2. The maximum Gasteiger partial charge on any atom is 0.320 e. The van der Waals surface area contributed by atoms with E-state index in [1.54, 1.807) is 13.8 Å². The van der Waals surface area contributed by atoms with E-state index in [2.05, 4.69) is 5.32 Å². The molecule has 0 spiro atoms. The van der Waals surface area contributed by atoms with Crippen LogP contribution in [0, 0.1) is 0 Å². The molecule has 0 rings (SSSR count). The Morgan fingerprint density at radius 1 is 1.31 bits per heavy atom. The first-order chi connectivity index (χ1) is 7.38. The molecular weight excluding hydrogens is 216 g/mol. The first-order valence-corrected chi connectivity index (χ1v) is 5.01. The van der Waals surface area contributed by atoms with E-state index in [0.29, 0.717) is 11.5 Å². The second kappa shape index (κ2) is 7.15. The lowest BCUT2D eigenvalue weighted by Crippen LogP contribution is -2.49. The van der Waals surface area contributed by atoms with Gasteiger partial charge in [-0.25, -0.2) is 0 Å². The Morgan fingerprint density at radius 2 is 1.88 bits per heavy atom. The number of carboxylic acids is 2. The monoisotopic (exact) mass is 234 g/mol. The Kier molecular flexibility index (Phi) is 6.63. The van der Waals surface area contributed by atoms with E-state index in [4.69, 9.17) is 10.2 Å². The normalized spacial score (nSPS) is 14.8. The number of nitrogens with zero attached hydrogens (tertiary/aromatic N) is 1. The molecule has 7 heteroatoms. The lowest BCUT2D eigenvalue weighted by atomic mass is 10.1. The van der Waals surface area contributed by atoms with Crippen molar-refractivity contribution in [2.75, 3.05) is 13.1 Å². The lowest BCUT2D eigenvalue weighted by Gasteiger charge is -2.29. The van der Waals surface area contributed by atoms with Crippen molar-refractivity contribution < 1.29 is 25.0 Å². The van der Waals surface area contributed by atoms with Crippen molar-refractivity contribution in [2.24, 2.45) is 0 Å². The highest BCUT2D eigenvalue weighted by molar-refractivity contribution is 5.69. The summed E-state index contributed by atoms with van der Waals surface area (Å²) < 4.78 is 0. The van der Waals surface area contributed by atoms with Gasteiger partial charge in [0.1, 0.15) is 6.54 Å². The molecule has 0 aliphatic rings. The SMILES string of the molecule is CCC(C(C)NCC(=O)O)N(O)CC(=O)O. The standard InChI is InChI=1S/C9H18N2O5/c1-3-7(11(16)5-9(14)15)6(2)10-4-8(12)13/h6-7,10,16H,3-5H2,1-2H3,(H,12,13)(H,14,15). The van der Waals surface area contributed by atoms with E-state index in [1.165, 1.54) is 0 Å². The van der Waals surface area contributed by atoms with Gasteiger partial charge in [-0.3, -0.25) is 9.59 Å². The summed E-state index contributed by atoms with van der Waals surface area (Å²) in [5.41, 5.74) is 0. The first-order valence-electron chi connectivity index (χ1n) is 5.01. The van der Waals surface area contributed by atoms with E-state index in [-0.39, 0.29) is 12.6 Å². The maximum atomic E-state index is 10.4. The lowest BCUT2D eigenvalue weighted by molar-refractivity contribution is -0.166. The van der Waals surface area contributed by atoms with Gasteiger partial charge in [0, 0.05) is 6.04 Å². The van der Waals surface area contributed by atoms with Gasteiger partial charge in [-0.15, -0.1) is 0 Å². The van der Waals surface area contributed by atoms with E-state index in [1.807, 2.05) is 0 Å². The summed E-state index contributed by atoms with van der Waals surface area (Å²) >= 11 is 0. The Bertz CT molecular complexity index is 246. The number of aliphatic carboxylic acids is 2. The summed E-state index contributed by atoms with van der Waals surface area (Å²) in [6, 6.07) is -0.749. The topological polar surface area (TPSA) is 110 Å². The highest BCUT2D eigenvalue weighted by Crippen LogP contribution is 2.06. The van der Waals surface area contributed by atoms with E-state index < -0.39 is 24.5 Å². The summed E-state index contributed by atoms with van der Waals surface area (Å²) in [5.74, 6) is -2.13. The summed E-state index contributed by atoms with van der Waals surface area (Å²) in [7, 11) is 0. The number of carboxylic acid groups (broad SMARTS) is 2. The predicted octanol–water partition coefficient (Wildman–Crippen LogP) is -0.396. The zero-order valence-electron chi connectivity index (χ0n) is 9.38. The molecule has 16 heavy (non-hydrogen) atoms. The molecule has 2 atom stereocenters. The maximum absolute atomic E-state index is 10.4. The van der Waals surface area contributed by atoms with Crippen LogP contribution in [0.15, 0.2) is 0 Å². The average Bonchev–Trinajstić information content (AvgIpc) is 2.14. The molecule has 94 valence electrons. The van der Waals surface area contributed by atoms with Gasteiger partial charge in [0.2, 0.25) is 0 Å². The van der Waals surface area contributed by atoms with Crippen LogP contribution in [0.2, 0.25) is 0 Å². The van der Waals surface area contributed by atoms with Crippen molar-refractivity contribution in [1.82, 2.24) is 10.4 Å². The van der Waals surface area contributed by atoms with Crippen LogP contribution in [0.5, 0.6) is 0 Å². The molecule has 7 nitrogen and oxygen atoms in total. The quantitative estimate of drug-likeness (QED) is 0.423. The predicted molar refractivity (Wildman–Crippen MR) is 55.3 cm³/mol. The van der Waals surface area contributed by atoms with Gasteiger partial charge in [-0.05, 0) is 13.3 Å². The van der Waals surface area contributed by atoms with Gasteiger partial charge in [-0.2, -0.15) is 5.06 Å². The van der Waals surface area contributed by atoms with Crippen molar-refractivity contribution in [3.8, 4) is 0 Å². The molecular formula is C9H18N2O5. The van der Waals surface area contributed by atoms with Crippen LogP contribution in [0.25, 0.3) is 0 Å². The molecule has 0 amide bonds. The molecule has 4 N–H and O–H groups in total. The zero-order chi connectivity index (χ0) is 12.7. The molecule has 0 saturated carbocycles. The molecule has 0 aromatic rings. The third-order valence-electron chi connectivity index (χ3n) is 2.25. The summed E-state index contributed by atoms with van der Waals surface area (Å²) in [4.78, 5) is 20.7. The highest BCUT2D eigenvalue weighted by atomic mass is 16.5. The van der Waals surface area contributed by atoms with Gasteiger partial charge in [-0.1, -0.05) is 6.92 Å². The van der Waals surface area contributed by atoms with Crippen LogP contribution in [0.1, 0.15) is 20.3 Å². The number of nitrogens with one attached hydrogen (secondary N) is 1. The van der Waals surface area contributed by atoms with Crippen molar-refractivity contribution in [1.29, 1.82) is 0 Å².